The zero-order chi connectivity index (χ0) is 19.9. The van der Waals surface area contributed by atoms with Gasteiger partial charge < -0.3 is 20.3 Å². The van der Waals surface area contributed by atoms with Crippen LogP contribution in [0.4, 0.5) is 5.00 Å². The van der Waals surface area contributed by atoms with Gasteiger partial charge in [-0.2, -0.15) is 0 Å². The van der Waals surface area contributed by atoms with Crippen LogP contribution in [-0.2, 0) is 4.74 Å². The summed E-state index contributed by atoms with van der Waals surface area (Å²) in [6.07, 6.45) is 3.34. The first-order chi connectivity index (χ1) is 13.6. The lowest BCUT2D eigenvalue weighted by atomic mass is 10.1. The van der Waals surface area contributed by atoms with Gasteiger partial charge in [-0.05, 0) is 49.7 Å². The van der Waals surface area contributed by atoms with E-state index in [1.165, 1.54) is 24.9 Å². The highest BCUT2D eigenvalue weighted by Crippen LogP contribution is 2.35. The maximum absolute atomic E-state index is 12.2. The lowest BCUT2D eigenvalue weighted by Crippen LogP contribution is -2.46. The second-order valence-electron chi connectivity index (χ2n) is 6.93. The number of thiophene rings is 1. The molecule has 150 valence electrons. The molecule has 3 rings (SSSR count). The highest BCUT2D eigenvalue weighted by atomic mass is 32.1. The predicted octanol–water partition coefficient (Wildman–Crippen LogP) is 4.36. The number of benzene rings is 1. The third kappa shape index (κ3) is 5.31. The van der Waals surface area contributed by atoms with Gasteiger partial charge >= 0.3 is 5.97 Å². The van der Waals surface area contributed by atoms with Gasteiger partial charge in [0, 0.05) is 24.0 Å². The number of carbonyl (C=O) groups is 1. The zero-order valence-corrected chi connectivity index (χ0v) is 18.0. The lowest BCUT2D eigenvalue weighted by Gasteiger charge is -2.32. The molecule has 5 nitrogen and oxygen atoms in total. The number of likely N-dealkylation sites (tertiary alicyclic amines) is 1. The molecule has 2 aromatic rings. The molecule has 1 saturated heterocycles. The van der Waals surface area contributed by atoms with Crippen molar-refractivity contribution < 1.29 is 9.53 Å². The molecule has 1 aromatic heterocycles. The predicted molar refractivity (Wildman–Crippen MR) is 120 cm³/mol. The van der Waals surface area contributed by atoms with Gasteiger partial charge in [0.1, 0.15) is 5.00 Å². The van der Waals surface area contributed by atoms with Crippen molar-refractivity contribution in [1.29, 1.82) is 0 Å². The second-order valence-corrected chi connectivity index (χ2v) is 8.39. The first kappa shape index (κ1) is 20.8. The van der Waals surface area contributed by atoms with Crippen molar-refractivity contribution in [2.45, 2.75) is 32.2 Å². The molecule has 0 atom stereocenters. The van der Waals surface area contributed by atoms with E-state index in [0.717, 1.165) is 42.9 Å². The Bertz CT molecular complexity index is 799. The van der Waals surface area contributed by atoms with Crippen LogP contribution in [0.1, 0.15) is 36.5 Å². The van der Waals surface area contributed by atoms with Gasteiger partial charge in [-0.1, -0.05) is 37.3 Å². The van der Waals surface area contributed by atoms with E-state index in [9.17, 15) is 4.79 Å². The minimum atomic E-state index is -0.364. The topological polar surface area (TPSA) is 53.6 Å². The maximum Gasteiger partial charge on any atom is 0.340 e. The fourth-order valence-corrected chi connectivity index (χ4v) is 4.82. The zero-order valence-electron chi connectivity index (χ0n) is 16.4. The van der Waals surface area contributed by atoms with E-state index in [0.29, 0.717) is 21.7 Å². The fourth-order valence-electron chi connectivity index (χ4n) is 3.43. The summed E-state index contributed by atoms with van der Waals surface area (Å²) in [5.74, 6) is -0.364. The van der Waals surface area contributed by atoms with Gasteiger partial charge in [0.2, 0.25) is 0 Å². The van der Waals surface area contributed by atoms with Crippen LogP contribution in [0, 0.1) is 0 Å². The highest BCUT2D eigenvalue weighted by molar-refractivity contribution is 7.80. The molecule has 28 heavy (non-hydrogen) atoms. The average Bonchev–Trinajstić information content (AvgIpc) is 3.13. The minimum absolute atomic E-state index is 0.364. The standard InChI is InChI=1S/C21H27N3O2S2/c1-3-11-24-12-9-16(10-13-24)22-21(27)23-19-17(20(25)26-2)14-18(28-19)15-7-5-4-6-8-15/h4-8,14,16H,3,9-13H2,1-2H3,(H2,22,23,27). The number of carbonyl (C=O) groups excluding carboxylic acids is 1. The van der Waals surface area contributed by atoms with E-state index >= 15 is 0 Å². The van der Waals surface area contributed by atoms with Crippen LogP contribution < -0.4 is 10.6 Å². The van der Waals surface area contributed by atoms with Gasteiger partial charge in [0.15, 0.2) is 5.11 Å². The summed E-state index contributed by atoms with van der Waals surface area (Å²) >= 11 is 7.03. The van der Waals surface area contributed by atoms with Crippen LogP contribution >= 0.6 is 23.6 Å². The molecule has 0 amide bonds. The highest BCUT2D eigenvalue weighted by Gasteiger charge is 2.21. The molecular formula is C21H27N3O2S2. The van der Waals surface area contributed by atoms with Crippen molar-refractivity contribution in [2.24, 2.45) is 0 Å². The van der Waals surface area contributed by atoms with Crippen LogP contribution in [0.3, 0.4) is 0 Å². The Balaban J connectivity index is 1.66. The number of hydrogen-bond acceptors (Lipinski definition) is 5. The minimum Gasteiger partial charge on any atom is -0.465 e. The second kappa shape index (κ2) is 10.0. The van der Waals surface area contributed by atoms with Gasteiger partial charge in [-0.15, -0.1) is 11.3 Å². The Morgan fingerprint density at radius 2 is 2.00 bits per heavy atom. The Hall–Kier alpha value is -1.96. The van der Waals surface area contributed by atoms with Crippen molar-refractivity contribution in [3.05, 3.63) is 42.0 Å². The van der Waals surface area contributed by atoms with E-state index in [1.54, 1.807) is 0 Å². The molecule has 0 unspecified atom stereocenters. The number of rotatable bonds is 6. The SMILES string of the molecule is CCCN1CCC(NC(=S)Nc2sc(-c3ccccc3)cc2C(=O)OC)CC1. The Labute approximate surface area is 176 Å². The first-order valence-electron chi connectivity index (χ1n) is 9.68. The molecular weight excluding hydrogens is 390 g/mol. The van der Waals surface area contributed by atoms with Crippen LogP contribution in [0.5, 0.6) is 0 Å². The number of nitrogens with zero attached hydrogens (tertiary/aromatic N) is 1. The van der Waals surface area contributed by atoms with E-state index in [1.807, 2.05) is 36.4 Å². The maximum atomic E-state index is 12.2. The summed E-state index contributed by atoms with van der Waals surface area (Å²) in [6, 6.07) is 12.2. The van der Waals surface area contributed by atoms with E-state index < -0.39 is 0 Å². The summed E-state index contributed by atoms with van der Waals surface area (Å²) in [5, 5.41) is 7.91. The molecule has 0 spiro atoms. The summed E-state index contributed by atoms with van der Waals surface area (Å²) in [6.45, 7) is 5.57. The summed E-state index contributed by atoms with van der Waals surface area (Å²) in [4.78, 5) is 15.7. The normalized spacial score (nSPS) is 15.2. The molecule has 1 aliphatic heterocycles. The van der Waals surface area contributed by atoms with Crippen LogP contribution in [0.15, 0.2) is 36.4 Å². The van der Waals surface area contributed by atoms with Crippen molar-refractivity contribution in [3.63, 3.8) is 0 Å². The Morgan fingerprint density at radius 1 is 1.29 bits per heavy atom. The van der Waals surface area contributed by atoms with Gasteiger partial charge in [-0.25, -0.2) is 4.79 Å². The number of anilines is 1. The molecule has 0 bridgehead atoms. The third-order valence-corrected chi connectivity index (χ3v) is 6.20. The Kier molecular flexibility index (Phi) is 7.42. The monoisotopic (exact) mass is 417 g/mol. The summed E-state index contributed by atoms with van der Waals surface area (Å²) < 4.78 is 4.95. The molecule has 0 radical (unpaired) electrons. The average molecular weight is 418 g/mol. The van der Waals surface area contributed by atoms with Crippen molar-refractivity contribution in [2.75, 3.05) is 32.1 Å². The molecule has 2 N–H and O–H groups in total. The van der Waals surface area contributed by atoms with E-state index in [2.05, 4.69) is 22.5 Å². The number of esters is 1. The van der Waals surface area contributed by atoms with Crippen LogP contribution in [-0.4, -0.2) is 48.8 Å². The number of methoxy groups -OCH3 is 1. The molecule has 1 aromatic carbocycles. The summed E-state index contributed by atoms with van der Waals surface area (Å²) in [7, 11) is 1.40. The summed E-state index contributed by atoms with van der Waals surface area (Å²) in [5.41, 5.74) is 1.57. The molecule has 0 aliphatic carbocycles. The number of thiocarbonyl (C=S) groups is 1. The number of hydrogen-bond donors (Lipinski definition) is 2. The molecule has 7 heteroatoms. The quantitative estimate of drug-likeness (QED) is 0.538. The van der Waals surface area contributed by atoms with Crippen LogP contribution in [0.2, 0.25) is 0 Å². The number of piperidine rings is 1. The third-order valence-electron chi connectivity index (χ3n) is 4.89. The molecule has 1 aliphatic rings. The molecule has 1 fully saturated rings. The first-order valence-corrected chi connectivity index (χ1v) is 10.9. The molecule has 0 saturated carbocycles. The lowest BCUT2D eigenvalue weighted by molar-refractivity contribution is 0.0602. The molecule has 2 heterocycles. The number of ether oxygens (including phenoxy) is 1. The van der Waals surface area contributed by atoms with Crippen molar-refractivity contribution >= 4 is 39.6 Å². The smallest absolute Gasteiger partial charge is 0.340 e. The van der Waals surface area contributed by atoms with E-state index in [-0.39, 0.29) is 5.97 Å². The largest absolute Gasteiger partial charge is 0.465 e. The van der Waals surface area contributed by atoms with Crippen molar-refractivity contribution in [3.8, 4) is 10.4 Å². The Morgan fingerprint density at radius 3 is 2.64 bits per heavy atom. The van der Waals surface area contributed by atoms with Crippen molar-refractivity contribution in [1.82, 2.24) is 10.2 Å². The van der Waals surface area contributed by atoms with E-state index in [4.69, 9.17) is 17.0 Å². The van der Waals surface area contributed by atoms with Crippen LogP contribution in [0.25, 0.3) is 10.4 Å². The van der Waals surface area contributed by atoms with Gasteiger partial charge in [-0.3, -0.25) is 0 Å². The van der Waals surface area contributed by atoms with Gasteiger partial charge in [0.25, 0.3) is 0 Å². The van der Waals surface area contributed by atoms with Gasteiger partial charge in [0.05, 0.1) is 12.7 Å². The fraction of sp³-hybridized carbons (Fsp3) is 0.429. The number of nitrogens with one attached hydrogen (secondary N) is 2.